The molecule has 0 saturated heterocycles. The van der Waals surface area contributed by atoms with Crippen LogP contribution in [0.3, 0.4) is 0 Å². The van der Waals surface area contributed by atoms with Crippen molar-refractivity contribution in [1.29, 1.82) is 0 Å². The number of carbonyl (C=O) groups excluding carboxylic acids is 1. The van der Waals surface area contributed by atoms with Crippen LogP contribution in [0.2, 0.25) is 0 Å². The summed E-state index contributed by atoms with van der Waals surface area (Å²) in [6.45, 7) is 5.37. The predicted octanol–water partition coefficient (Wildman–Crippen LogP) is 16.0. The van der Waals surface area contributed by atoms with Crippen molar-refractivity contribution in [3.8, 4) is 0 Å². The number of carbonyl (C=O) groups is 1. The van der Waals surface area contributed by atoms with Crippen LogP contribution < -0.4 is 0 Å². The zero-order valence-corrected chi connectivity index (χ0v) is 36.5. The van der Waals surface area contributed by atoms with Gasteiger partial charge in [0.2, 0.25) is 0 Å². The Bertz CT molecular complexity index is 802. The maximum atomic E-state index is 12.2. The Kier molecular flexibility index (Phi) is 46.5. The molecule has 0 saturated carbocycles. The SMILES string of the molecule is CCCCCCC/C=C\C/C=C\C/C=C\CCCCCCCCCCC(=O)OC(CO)COCCCCCCCCCCCCCCCCCCCCC. The van der Waals surface area contributed by atoms with Crippen molar-refractivity contribution in [1.82, 2.24) is 0 Å². The summed E-state index contributed by atoms with van der Waals surface area (Å²) in [7, 11) is 0. The van der Waals surface area contributed by atoms with Crippen LogP contribution in [-0.2, 0) is 14.3 Å². The fourth-order valence-corrected chi connectivity index (χ4v) is 7.10. The Hall–Kier alpha value is -1.39. The molecule has 0 spiro atoms. The summed E-state index contributed by atoms with van der Waals surface area (Å²) in [6.07, 6.45) is 60.8. The summed E-state index contributed by atoms with van der Waals surface area (Å²) in [4.78, 5) is 12.2. The summed E-state index contributed by atoms with van der Waals surface area (Å²) in [5, 5.41) is 9.63. The molecule has 1 atom stereocenters. The van der Waals surface area contributed by atoms with Crippen LogP contribution in [-0.4, -0.2) is 37.0 Å². The van der Waals surface area contributed by atoms with Gasteiger partial charge in [-0.3, -0.25) is 4.79 Å². The fourth-order valence-electron chi connectivity index (χ4n) is 7.10. The summed E-state index contributed by atoms with van der Waals surface area (Å²) < 4.78 is 11.2. The molecular formula is C50H94O4. The molecule has 0 aliphatic carbocycles. The molecule has 0 fully saturated rings. The van der Waals surface area contributed by atoms with Crippen LogP contribution in [0.25, 0.3) is 0 Å². The average Bonchev–Trinajstić information content (AvgIpc) is 3.18. The lowest BCUT2D eigenvalue weighted by Crippen LogP contribution is -2.27. The van der Waals surface area contributed by atoms with E-state index >= 15 is 0 Å². The highest BCUT2D eigenvalue weighted by molar-refractivity contribution is 5.69. The van der Waals surface area contributed by atoms with E-state index in [4.69, 9.17) is 9.47 Å². The van der Waals surface area contributed by atoms with Crippen LogP contribution >= 0.6 is 0 Å². The van der Waals surface area contributed by atoms with Crippen molar-refractivity contribution in [2.75, 3.05) is 19.8 Å². The minimum Gasteiger partial charge on any atom is -0.457 e. The maximum absolute atomic E-state index is 12.2. The normalized spacial score (nSPS) is 12.6. The number of rotatable bonds is 45. The monoisotopic (exact) mass is 759 g/mol. The first kappa shape index (κ1) is 52.6. The highest BCUT2D eigenvalue weighted by Gasteiger charge is 2.13. The molecule has 0 radical (unpaired) electrons. The lowest BCUT2D eigenvalue weighted by molar-refractivity contribution is -0.154. The lowest BCUT2D eigenvalue weighted by atomic mass is 10.0. The Morgan fingerprint density at radius 1 is 0.444 bits per heavy atom. The van der Waals surface area contributed by atoms with Gasteiger partial charge in [-0.05, 0) is 51.4 Å². The molecule has 0 aliphatic heterocycles. The van der Waals surface area contributed by atoms with Gasteiger partial charge >= 0.3 is 5.97 Å². The first-order valence-electron chi connectivity index (χ1n) is 24.1. The van der Waals surface area contributed by atoms with Crippen molar-refractivity contribution in [3.05, 3.63) is 36.5 Å². The van der Waals surface area contributed by atoms with Gasteiger partial charge in [0.25, 0.3) is 0 Å². The van der Waals surface area contributed by atoms with E-state index in [0.29, 0.717) is 19.6 Å². The topological polar surface area (TPSA) is 55.8 Å². The van der Waals surface area contributed by atoms with E-state index < -0.39 is 6.10 Å². The Morgan fingerprint density at radius 2 is 0.778 bits per heavy atom. The smallest absolute Gasteiger partial charge is 0.306 e. The largest absolute Gasteiger partial charge is 0.457 e. The third-order valence-electron chi connectivity index (χ3n) is 10.7. The van der Waals surface area contributed by atoms with Crippen molar-refractivity contribution >= 4 is 5.97 Å². The predicted molar refractivity (Wildman–Crippen MR) is 237 cm³/mol. The number of esters is 1. The molecule has 1 unspecified atom stereocenters. The number of allylic oxidation sites excluding steroid dienone is 6. The molecule has 54 heavy (non-hydrogen) atoms. The standard InChI is InChI=1S/C50H94O4/c1-3-5-7-9-11-13-15-17-19-21-23-24-25-26-27-29-31-33-35-37-39-41-43-45-50(52)54-49(47-51)48-53-46-44-42-40-38-36-34-32-30-28-22-20-18-16-14-12-10-8-6-4-2/h15,17,21,23,25-26,49,51H,3-14,16,18-20,22,24,27-48H2,1-2H3/b17-15-,23-21-,26-25-. The van der Waals surface area contributed by atoms with Gasteiger partial charge in [-0.1, -0.05) is 230 Å². The second-order valence-electron chi connectivity index (χ2n) is 16.2. The van der Waals surface area contributed by atoms with Crippen molar-refractivity contribution in [2.45, 2.75) is 258 Å². The number of hydrogen-bond acceptors (Lipinski definition) is 4. The van der Waals surface area contributed by atoms with E-state index in [1.54, 1.807) is 0 Å². The van der Waals surface area contributed by atoms with Gasteiger partial charge in [-0.25, -0.2) is 0 Å². The minimum absolute atomic E-state index is 0.172. The van der Waals surface area contributed by atoms with Crippen LogP contribution in [0.4, 0.5) is 0 Å². The maximum Gasteiger partial charge on any atom is 0.306 e. The number of aliphatic hydroxyl groups is 1. The number of ether oxygens (including phenoxy) is 2. The van der Waals surface area contributed by atoms with Gasteiger partial charge in [0.05, 0.1) is 13.2 Å². The third kappa shape index (κ3) is 45.0. The number of hydrogen-bond donors (Lipinski definition) is 1. The molecule has 0 amide bonds. The molecule has 1 N–H and O–H groups in total. The molecule has 4 nitrogen and oxygen atoms in total. The van der Waals surface area contributed by atoms with Crippen molar-refractivity contribution in [3.63, 3.8) is 0 Å². The summed E-state index contributed by atoms with van der Waals surface area (Å²) in [5.74, 6) is -0.204. The first-order valence-corrected chi connectivity index (χ1v) is 24.1. The third-order valence-corrected chi connectivity index (χ3v) is 10.7. The van der Waals surface area contributed by atoms with Gasteiger partial charge in [-0.2, -0.15) is 0 Å². The average molecular weight is 759 g/mol. The van der Waals surface area contributed by atoms with Gasteiger partial charge in [0, 0.05) is 13.0 Å². The highest BCUT2D eigenvalue weighted by Crippen LogP contribution is 2.15. The number of aliphatic hydroxyl groups excluding tert-OH is 1. The fraction of sp³-hybridized carbons (Fsp3) is 0.860. The Balaban J connectivity index is 3.42. The molecular weight excluding hydrogens is 665 g/mol. The quantitative estimate of drug-likeness (QED) is 0.0382. The van der Waals surface area contributed by atoms with Crippen LogP contribution in [0, 0.1) is 0 Å². The van der Waals surface area contributed by atoms with Crippen LogP contribution in [0.5, 0.6) is 0 Å². The van der Waals surface area contributed by atoms with Crippen LogP contribution in [0.1, 0.15) is 251 Å². The highest BCUT2D eigenvalue weighted by atomic mass is 16.6. The second-order valence-corrected chi connectivity index (χ2v) is 16.2. The van der Waals surface area contributed by atoms with E-state index in [0.717, 1.165) is 32.1 Å². The summed E-state index contributed by atoms with van der Waals surface area (Å²) >= 11 is 0. The molecule has 0 aromatic rings. The van der Waals surface area contributed by atoms with Gasteiger partial charge in [0.15, 0.2) is 0 Å². The van der Waals surface area contributed by atoms with Gasteiger partial charge < -0.3 is 14.6 Å². The molecule has 0 aromatic heterocycles. The molecule has 0 bridgehead atoms. The van der Waals surface area contributed by atoms with Gasteiger partial charge in [-0.15, -0.1) is 0 Å². The van der Waals surface area contributed by atoms with E-state index in [2.05, 4.69) is 50.3 Å². The van der Waals surface area contributed by atoms with E-state index in [9.17, 15) is 9.90 Å². The first-order chi connectivity index (χ1) is 26.7. The summed E-state index contributed by atoms with van der Waals surface area (Å²) in [6, 6.07) is 0. The zero-order chi connectivity index (χ0) is 39.1. The second kappa shape index (κ2) is 47.8. The molecule has 0 heterocycles. The Morgan fingerprint density at radius 3 is 1.17 bits per heavy atom. The van der Waals surface area contributed by atoms with E-state index in [-0.39, 0.29) is 12.6 Å². The van der Waals surface area contributed by atoms with E-state index in [1.165, 1.54) is 199 Å². The van der Waals surface area contributed by atoms with Crippen LogP contribution in [0.15, 0.2) is 36.5 Å². The van der Waals surface area contributed by atoms with E-state index in [1.807, 2.05) is 0 Å². The van der Waals surface area contributed by atoms with Crippen molar-refractivity contribution in [2.24, 2.45) is 0 Å². The molecule has 0 aromatic carbocycles. The lowest BCUT2D eigenvalue weighted by Gasteiger charge is -2.16. The zero-order valence-electron chi connectivity index (χ0n) is 36.5. The van der Waals surface area contributed by atoms with Gasteiger partial charge in [0.1, 0.15) is 6.10 Å². The molecule has 0 aliphatic rings. The summed E-state index contributed by atoms with van der Waals surface area (Å²) in [5.41, 5.74) is 0. The molecule has 318 valence electrons. The number of unbranched alkanes of at least 4 members (excludes halogenated alkanes) is 31. The molecule has 4 heteroatoms. The molecule has 0 rings (SSSR count). The Labute approximate surface area is 338 Å². The minimum atomic E-state index is -0.536. The van der Waals surface area contributed by atoms with Crippen molar-refractivity contribution < 1.29 is 19.4 Å².